The van der Waals surface area contributed by atoms with E-state index in [1.807, 2.05) is 12.1 Å². The topological polar surface area (TPSA) is 29.5 Å². The van der Waals surface area contributed by atoms with Crippen LogP contribution in [0.2, 0.25) is 0 Å². The van der Waals surface area contributed by atoms with E-state index in [1.165, 1.54) is 48.8 Å². The third-order valence-corrected chi connectivity index (χ3v) is 13.8. The Morgan fingerprint density at radius 3 is 1.49 bits per heavy atom. The van der Waals surface area contributed by atoms with E-state index >= 15 is 0 Å². The number of nitrogens with zero attached hydrogens (tertiary/aromatic N) is 1. The number of hydrogen-bond acceptors (Lipinski definition) is 3. The highest BCUT2D eigenvalue weighted by Gasteiger charge is 2.21. The van der Waals surface area contributed by atoms with Crippen LogP contribution < -0.4 is 4.90 Å². The summed E-state index contributed by atoms with van der Waals surface area (Å²) in [5.74, 6) is 0. The number of anilines is 3. The van der Waals surface area contributed by atoms with Crippen molar-refractivity contribution >= 4 is 104 Å². The van der Waals surface area contributed by atoms with Crippen molar-refractivity contribution in [3.05, 3.63) is 237 Å². The van der Waals surface area contributed by atoms with Gasteiger partial charge in [0, 0.05) is 55.8 Å². The molecule has 67 heavy (non-hydrogen) atoms. The second-order valence-electron chi connectivity index (χ2n) is 17.6. The van der Waals surface area contributed by atoms with Gasteiger partial charge in [-0.1, -0.05) is 176 Å². The lowest BCUT2D eigenvalue weighted by Crippen LogP contribution is -2.09. The molecule has 2 aromatic heterocycles. The van der Waals surface area contributed by atoms with Gasteiger partial charge >= 0.3 is 0 Å². The molecule has 0 bridgehead atoms. The Labute approximate surface area is 386 Å². The standard InChI is InChI=1S/C64H39NO2/c1-2-13-40(14-3-1)41-25-30-45(31-26-41)65(46-32-27-42(28-33-46)49-22-12-23-57-55-21-10-11-24-60(55)66-63(49)57)47-34-36-56-59-37-43-15-4-5-16-48(43)62(64(59)67-61(56)39-47)44-29-35-54-52-19-7-6-17-50(52)51-18-8-9-20-53(51)58(54)38-44/h1-39H. The summed E-state index contributed by atoms with van der Waals surface area (Å²) < 4.78 is 13.6. The summed E-state index contributed by atoms with van der Waals surface area (Å²) in [7, 11) is 0. The summed E-state index contributed by atoms with van der Waals surface area (Å²) in [5, 5.41) is 14.3. The Morgan fingerprint density at radius 1 is 0.254 bits per heavy atom. The molecule has 0 N–H and O–H groups in total. The Bertz CT molecular complexity index is 4220. The van der Waals surface area contributed by atoms with Gasteiger partial charge in [0.15, 0.2) is 0 Å². The van der Waals surface area contributed by atoms with Gasteiger partial charge in [-0.25, -0.2) is 0 Å². The van der Waals surface area contributed by atoms with Gasteiger partial charge < -0.3 is 13.7 Å². The number of benzene rings is 12. The van der Waals surface area contributed by atoms with Crippen molar-refractivity contribution in [3.63, 3.8) is 0 Å². The Morgan fingerprint density at radius 2 is 0.761 bits per heavy atom. The maximum atomic E-state index is 7.16. The largest absolute Gasteiger partial charge is 0.455 e. The molecule has 12 aromatic carbocycles. The predicted octanol–water partition coefficient (Wildman–Crippen LogP) is 18.6. The van der Waals surface area contributed by atoms with Crippen LogP contribution in [0.5, 0.6) is 0 Å². The minimum atomic E-state index is 0.834. The molecule has 14 rings (SSSR count). The second kappa shape index (κ2) is 14.8. The summed E-state index contributed by atoms with van der Waals surface area (Å²) in [5.41, 5.74) is 13.3. The van der Waals surface area contributed by atoms with Crippen molar-refractivity contribution in [1.29, 1.82) is 0 Å². The Hall–Kier alpha value is -8.92. The fraction of sp³-hybridized carbons (Fsp3) is 0. The average Bonchev–Trinajstić information content (AvgIpc) is 3.97. The van der Waals surface area contributed by atoms with Gasteiger partial charge in [-0.05, 0) is 120 Å². The molecular weight excluding hydrogens is 815 g/mol. The first kappa shape index (κ1) is 37.5. The quantitative estimate of drug-likeness (QED) is 0.156. The van der Waals surface area contributed by atoms with Crippen molar-refractivity contribution in [2.45, 2.75) is 0 Å². The highest BCUT2D eigenvalue weighted by Crippen LogP contribution is 2.46. The molecule has 0 spiro atoms. The summed E-state index contributed by atoms with van der Waals surface area (Å²) in [6, 6.07) is 85.1. The first-order chi connectivity index (χ1) is 33.2. The molecule has 14 aromatic rings. The summed E-state index contributed by atoms with van der Waals surface area (Å²) in [4.78, 5) is 2.32. The van der Waals surface area contributed by atoms with E-state index < -0.39 is 0 Å². The van der Waals surface area contributed by atoms with Crippen LogP contribution >= 0.6 is 0 Å². The molecular formula is C64H39NO2. The lowest BCUT2D eigenvalue weighted by atomic mass is 9.90. The lowest BCUT2D eigenvalue weighted by molar-refractivity contribution is 0.670. The third-order valence-electron chi connectivity index (χ3n) is 13.8. The molecule has 0 amide bonds. The molecule has 3 nitrogen and oxygen atoms in total. The van der Waals surface area contributed by atoms with Gasteiger partial charge in [0.25, 0.3) is 0 Å². The molecule has 3 heteroatoms. The van der Waals surface area contributed by atoms with Crippen LogP contribution in [0.15, 0.2) is 245 Å². The summed E-state index contributed by atoms with van der Waals surface area (Å²) in [6.07, 6.45) is 0. The second-order valence-corrected chi connectivity index (χ2v) is 17.6. The highest BCUT2D eigenvalue weighted by molar-refractivity contribution is 6.27. The van der Waals surface area contributed by atoms with E-state index in [0.717, 1.165) is 88.6 Å². The minimum Gasteiger partial charge on any atom is -0.455 e. The number of fused-ring (bicyclic) bond motifs is 13. The zero-order chi connectivity index (χ0) is 44.0. The fourth-order valence-electron chi connectivity index (χ4n) is 10.7. The van der Waals surface area contributed by atoms with Gasteiger partial charge in [-0.15, -0.1) is 0 Å². The number of para-hydroxylation sites is 2. The first-order valence-electron chi connectivity index (χ1n) is 22.9. The first-order valence-corrected chi connectivity index (χ1v) is 22.9. The fourth-order valence-corrected chi connectivity index (χ4v) is 10.7. The maximum Gasteiger partial charge on any atom is 0.143 e. The molecule has 0 aliphatic carbocycles. The SMILES string of the molecule is c1ccc(-c2ccc(N(c3ccc(-c4cccc5c4oc4ccccc45)cc3)c3ccc4c(c3)oc3c(-c5ccc6c7ccccc7c7ccccc7c6c5)c5ccccc5cc34)cc2)cc1. The molecule has 0 saturated heterocycles. The zero-order valence-electron chi connectivity index (χ0n) is 36.3. The Balaban J connectivity index is 0.939. The Kier molecular flexibility index (Phi) is 8.28. The van der Waals surface area contributed by atoms with Crippen LogP contribution in [0.3, 0.4) is 0 Å². The van der Waals surface area contributed by atoms with E-state index in [2.05, 4.69) is 229 Å². The van der Waals surface area contributed by atoms with Crippen LogP contribution in [0, 0.1) is 0 Å². The average molecular weight is 854 g/mol. The van der Waals surface area contributed by atoms with Crippen molar-refractivity contribution in [1.82, 2.24) is 0 Å². The van der Waals surface area contributed by atoms with Crippen LogP contribution in [-0.4, -0.2) is 0 Å². The summed E-state index contributed by atoms with van der Waals surface area (Å²) >= 11 is 0. The van der Waals surface area contributed by atoms with Gasteiger partial charge in [-0.3, -0.25) is 0 Å². The molecule has 0 radical (unpaired) electrons. The molecule has 0 unspecified atom stereocenters. The molecule has 0 aliphatic rings. The van der Waals surface area contributed by atoms with E-state index in [4.69, 9.17) is 8.83 Å². The molecule has 2 heterocycles. The normalized spacial score (nSPS) is 11.9. The van der Waals surface area contributed by atoms with Crippen molar-refractivity contribution in [2.75, 3.05) is 4.90 Å². The van der Waals surface area contributed by atoms with Gasteiger partial charge in [0.1, 0.15) is 22.3 Å². The number of rotatable bonds is 6. The van der Waals surface area contributed by atoms with Gasteiger partial charge in [0.05, 0.1) is 0 Å². The lowest BCUT2D eigenvalue weighted by Gasteiger charge is -2.26. The van der Waals surface area contributed by atoms with E-state index in [1.54, 1.807) is 0 Å². The zero-order valence-corrected chi connectivity index (χ0v) is 36.3. The molecule has 0 aliphatic heterocycles. The molecule has 312 valence electrons. The van der Waals surface area contributed by atoms with E-state index in [-0.39, 0.29) is 0 Å². The smallest absolute Gasteiger partial charge is 0.143 e. The number of furan rings is 2. The van der Waals surface area contributed by atoms with Crippen LogP contribution in [0.1, 0.15) is 0 Å². The minimum absolute atomic E-state index is 0.834. The third kappa shape index (κ3) is 5.92. The summed E-state index contributed by atoms with van der Waals surface area (Å²) in [6.45, 7) is 0. The van der Waals surface area contributed by atoms with Crippen LogP contribution in [-0.2, 0) is 0 Å². The van der Waals surface area contributed by atoms with E-state index in [0.29, 0.717) is 0 Å². The molecule has 0 saturated carbocycles. The van der Waals surface area contributed by atoms with Crippen LogP contribution in [0.25, 0.3) is 120 Å². The highest BCUT2D eigenvalue weighted by atomic mass is 16.3. The van der Waals surface area contributed by atoms with Crippen molar-refractivity contribution in [3.8, 4) is 33.4 Å². The molecule has 0 fully saturated rings. The van der Waals surface area contributed by atoms with Crippen LogP contribution in [0.4, 0.5) is 17.1 Å². The van der Waals surface area contributed by atoms with Crippen molar-refractivity contribution in [2.24, 2.45) is 0 Å². The van der Waals surface area contributed by atoms with Gasteiger partial charge in [-0.2, -0.15) is 0 Å². The maximum absolute atomic E-state index is 7.16. The van der Waals surface area contributed by atoms with Gasteiger partial charge in [0.2, 0.25) is 0 Å². The number of hydrogen-bond donors (Lipinski definition) is 0. The van der Waals surface area contributed by atoms with Crippen molar-refractivity contribution < 1.29 is 8.83 Å². The predicted molar refractivity (Wildman–Crippen MR) is 282 cm³/mol. The monoisotopic (exact) mass is 853 g/mol. The van der Waals surface area contributed by atoms with E-state index in [9.17, 15) is 0 Å². The molecule has 0 atom stereocenters.